The van der Waals surface area contributed by atoms with Crippen LogP contribution < -0.4 is 5.32 Å². The highest BCUT2D eigenvalue weighted by Crippen LogP contribution is 2.45. The quantitative estimate of drug-likeness (QED) is 0.850. The Balaban J connectivity index is 1.77. The molecule has 1 N–H and O–H groups in total. The smallest absolute Gasteiger partial charge is 0.244 e. The zero-order chi connectivity index (χ0) is 13.6. The minimum absolute atomic E-state index is 0.155. The van der Waals surface area contributed by atoms with E-state index in [1.807, 2.05) is 0 Å². The van der Waals surface area contributed by atoms with Gasteiger partial charge in [0.2, 0.25) is 5.91 Å². The van der Waals surface area contributed by atoms with E-state index in [0.29, 0.717) is 17.9 Å². The maximum atomic E-state index is 12.8. The van der Waals surface area contributed by atoms with Gasteiger partial charge in [0.25, 0.3) is 0 Å². The molecule has 2 atom stereocenters. The Kier molecular flexibility index (Phi) is 3.36. The van der Waals surface area contributed by atoms with Gasteiger partial charge in [0, 0.05) is 6.04 Å². The molecule has 2 saturated carbocycles. The number of carbonyl (C=O) groups excluding carboxylic acids is 1. The molecule has 2 unspecified atom stereocenters. The fraction of sp³-hybridized carbons (Fsp3) is 0.938. The van der Waals surface area contributed by atoms with E-state index >= 15 is 0 Å². The Morgan fingerprint density at radius 2 is 1.79 bits per heavy atom. The van der Waals surface area contributed by atoms with Gasteiger partial charge in [-0.1, -0.05) is 33.1 Å². The minimum atomic E-state index is -0.155. The molecule has 3 rings (SSSR count). The summed E-state index contributed by atoms with van der Waals surface area (Å²) in [4.78, 5) is 15.0. The van der Waals surface area contributed by atoms with Crippen molar-refractivity contribution in [3.8, 4) is 0 Å². The van der Waals surface area contributed by atoms with E-state index in [9.17, 15) is 4.79 Å². The van der Waals surface area contributed by atoms with Crippen molar-refractivity contribution in [3.05, 3.63) is 0 Å². The van der Waals surface area contributed by atoms with Crippen LogP contribution in [0.15, 0.2) is 0 Å². The van der Waals surface area contributed by atoms with Crippen molar-refractivity contribution in [2.24, 2.45) is 11.8 Å². The number of nitrogens with zero attached hydrogens (tertiary/aromatic N) is 1. The summed E-state index contributed by atoms with van der Waals surface area (Å²) in [5.74, 6) is 1.61. The lowest BCUT2D eigenvalue weighted by atomic mass is 9.83. The monoisotopic (exact) mass is 264 g/mol. The average molecular weight is 264 g/mol. The third-order valence-corrected chi connectivity index (χ3v) is 5.52. The van der Waals surface area contributed by atoms with Gasteiger partial charge in [-0.25, -0.2) is 0 Å². The zero-order valence-corrected chi connectivity index (χ0v) is 12.6. The van der Waals surface area contributed by atoms with Crippen molar-refractivity contribution in [1.29, 1.82) is 0 Å². The first-order valence-corrected chi connectivity index (χ1v) is 8.16. The molecule has 108 valence electrons. The molecule has 3 fully saturated rings. The maximum absolute atomic E-state index is 12.8. The summed E-state index contributed by atoms with van der Waals surface area (Å²) in [6.45, 7) is 6.74. The largest absolute Gasteiger partial charge is 0.322 e. The molecular weight excluding hydrogens is 236 g/mol. The number of hydrogen-bond donors (Lipinski definition) is 1. The molecule has 1 spiro atoms. The molecule has 0 radical (unpaired) electrons. The minimum Gasteiger partial charge on any atom is -0.322 e. The number of nitrogens with one attached hydrogen (secondary N) is 1. The van der Waals surface area contributed by atoms with E-state index in [0.717, 1.165) is 18.8 Å². The van der Waals surface area contributed by atoms with Crippen molar-refractivity contribution >= 4 is 5.91 Å². The lowest BCUT2D eigenvalue weighted by molar-refractivity contribution is -0.134. The van der Waals surface area contributed by atoms with Crippen molar-refractivity contribution in [2.75, 3.05) is 0 Å². The fourth-order valence-corrected chi connectivity index (χ4v) is 4.04. The molecule has 3 heteroatoms. The standard InChI is InChI=1S/C16H28N2O/c1-11(2)14-17-16(9-10-16)15(19)18(14)12(3)13-7-5-4-6-8-13/h11-14,17H,4-10H2,1-3H3. The number of hydrogen-bond acceptors (Lipinski definition) is 2. The van der Waals surface area contributed by atoms with Crippen molar-refractivity contribution < 1.29 is 4.79 Å². The molecule has 1 aliphatic heterocycles. The summed E-state index contributed by atoms with van der Waals surface area (Å²) >= 11 is 0. The van der Waals surface area contributed by atoms with Gasteiger partial charge >= 0.3 is 0 Å². The average Bonchev–Trinajstić information content (AvgIpc) is 3.13. The molecule has 0 aromatic rings. The molecule has 19 heavy (non-hydrogen) atoms. The van der Waals surface area contributed by atoms with Gasteiger partial charge in [-0.15, -0.1) is 0 Å². The zero-order valence-electron chi connectivity index (χ0n) is 12.6. The van der Waals surface area contributed by atoms with Crippen LogP contribution in [0.2, 0.25) is 0 Å². The van der Waals surface area contributed by atoms with Gasteiger partial charge in [0.15, 0.2) is 0 Å². The Labute approximate surface area is 117 Å². The van der Waals surface area contributed by atoms with Gasteiger partial charge in [0.1, 0.15) is 0 Å². The van der Waals surface area contributed by atoms with Gasteiger partial charge in [-0.2, -0.15) is 0 Å². The second-order valence-electron chi connectivity index (χ2n) is 7.27. The normalized spacial score (nSPS) is 32.3. The van der Waals surface area contributed by atoms with Crippen molar-refractivity contribution in [2.45, 2.75) is 83.5 Å². The van der Waals surface area contributed by atoms with E-state index < -0.39 is 0 Å². The summed E-state index contributed by atoms with van der Waals surface area (Å²) in [5, 5.41) is 3.64. The molecule has 0 aromatic carbocycles. The highest BCUT2D eigenvalue weighted by molar-refractivity contribution is 5.92. The van der Waals surface area contributed by atoms with E-state index in [1.54, 1.807) is 0 Å². The Morgan fingerprint density at radius 1 is 1.16 bits per heavy atom. The SMILES string of the molecule is CC(C)C1NC2(CC2)C(=O)N1C(C)C1CCCCC1. The second kappa shape index (κ2) is 4.76. The third-order valence-electron chi connectivity index (χ3n) is 5.52. The van der Waals surface area contributed by atoms with Crippen LogP contribution in [0.3, 0.4) is 0 Å². The summed E-state index contributed by atoms with van der Waals surface area (Å²) < 4.78 is 0. The predicted molar refractivity (Wildman–Crippen MR) is 76.6 cm³/mol. The van der Waals surface area contributed by atoms with Crippen LogP contribution in [0.4, 0.5) is 0 Å². The summed E-state index contributed by atoms with van der Waals surface area (Å²) in [5.41, 5.74) is -0.155. The first-order valence-electron chi connectivity index (χ1n) is 8.16. The second-order valence-corrected chi connectivity index (χ2v) is 7.27. The molecule has 1 saturated heterocycles. The molecular formula is C16H28N2O. The summed E-state index contributed by atoms with van der Waals surface area (Å²) in [7, 11) is 0. The lowest BCUT2D eigenvalue weighted by Crippen LogP contribution is -2.49. The molecule has 2 aliphatic carbocycles. The van der Waals surface area contributed by atoms with Crippen LogP contribution in [-0.4, -0.2) is 28.6 Å². The predicted octanol–water partition coefficient (Wildman–Crippen LogP) is 2.90. The Bertz CT molecular complexity index is 356. The van der Waals surface area contributed by atoms with Gasteiger partial charge < -0.3 is 4.90 Å². The first kappa shape index (κ1) is 13.4. The first-order chi connectivity index (χ1) is 9.05. The van der Waals surface area contributed by atoms with Crippen molar-refractivity contribution in [3.63, 3.8) is 0 Å². The summed E-state index contributed by atoms with van der Waals surface area (Å²) in [6.07, 6.45) is 9.04. The van der Waals surface area contributed by atoms with Crippen LogP contribution in [0.1, 0.15) is 65.7 Å². The van der Waals surface area contributed by atoms with Crippen LogP contribution in [0.25, 0.3) is 0 Å². The molecule has 3 aliphatic rings. The molecule has 0 aromatic heterocycles. The van der Waals surface area contributed by atoms with Gasteiger partial charge in [-0.3, -0.25) is 10.1 Å². The third kappa shape index (κ3) is 2.20. The Morgan fingerprint density at radius 3 is 2.32 bits per heavy atom. The van der Waals surface area contributed by atoms with Crippen LogP contribution >= 0.6 is 0 Å². The molecule has 1 heterocycles. The lowest BCUT2D eigenvalue weighted by Gasteiger charge is -2.38. The maximum Gasteiger partial charge on any atom is 0.244 e. The van der Waals surface area contributed by atoms with Gasteiger partial charge in [-0.05, 0) is 44.4 Å². The number of carbonyl (C=O) groups is 1. The number of amides is 1. The molecule has 3 nitrogen and oxygen atoms in total. The van der Waals surface area contributed by atoms with Crippen LogP contribution in [-0.2, 0) is 4.79 Å². The van der Waals surface area contributed by atoms with Gasteiger partial charge in [0.05, 0.1) is 11.7 Å². The van der Waals surface area contributed by atoms with E-state index in [-0.39, 0.29) is 11.7 Å². The van der Waals surface area contributed by atoms with Crippen LogP contribution in [0, 0.1) is 11.8 Å². The molecule has 1 amide bonds. The summed E-state index contributed by atoms with van der Waals surface area (Å²) in [6, 6.07) is 0.410. The van der Waals surface area contributed by atoms with E-state index in [2.05, 4.69) is 31.0 Å². The highest BCUT2D eigenvalue weighted by atomic mass is 16.2. The Hall–Kier alpha value is -0.570. The van der Waals surface area contributed by atoms with Crippen LogP contribution in [0.5, 0.6) is 0 Å². The van der Waals surface area contributed by atoms with E-state index in [4.69, 9.17) is 0 Å². The fourth-order valence-electron chi connectivity index (χ4n) is 4.04. The molecule has 0 bridgehead atoms. The van der Waals surface area contributed by atoms with Crippen molar-refractivity contribution in [1.82, 2.24) is 10.2 Å². The highest BCUT2D eigenvalue weighted by Gasteiger charge is 2.60. The topological polar surface area (TPSA) is 32.3 Å². The number of rotatable bonds is 3. The van der Waals surface area contributed by atoms with E-state index in [1.165, 1.54) is 32.1 Å².